The van der Waals surface area contributed by atoms with Crippen LogP contribution in [0.3, 0.4) is 0 Å². The summed E-state index contributed by atoms with van der Waals surface area (Å²) in [6.45, 7) is 0. The zero-order chi connectivity index (χ0) is 18.0. The Morgan fingerprint density at radius 3 is 2.68 bits per heavy atom. The number of methoxy groups -OCH3 is 1. The molecule has 8 heteroatoms. The lowest BCUT2D eigenvalue weighted by molar-refractivity contribution is 0.0929. The predicted octanol–water partition coefficient (Wildman–Crippen LogP) is 4.44. The number of carbonyl (C=O) groups is 1. The number of hydrogen-bond acceptors (Lipinski definition) is 5. The van der Waals surface area contributed by atoms with Crippen LogP contribution in [0.5, 0.6) is 11.5 Å². The number of ether oxygens (including phenoxy) is 1. The van der Waals surface area contributed by atoms with E-state index < -0.39 is 5.91 Å². The maximum Gasteiger partial charge on any atom is 0.307 e. The van der Waals surface area contributed by atoms with Gasteiger partial charge in [-0.2, -0.15) is 5.10 Å². The number of amides is 1. The van der Waals surface area contributed by atoms with Crippen LogP contribution in [-0.4, -0.2) is 24.3 Å². The van der Waals surface area contributed by atoms with E-state index in [9.17, 15) is 9.90 Å². The van der Waals surface area contributed by atoms with E-state index in [-0.39, 0.29) is 11.5 Å². The average Bonchev–Trinajstić information content (AvgIpc) is 3.03. The van der Waals surface area contributed by atoms with Gasteiger partial charge in [-0.05, 0) is 61.7 Å². The van der Waals surface area contributed by atoms with Crippen LogP contribution in [0, 0.1) is 0 Å². The number of halogens is 2. The fourth-order valence-corrected chi connectivity index (χ4v) is 3.41. The first-order chi connectivity index (χ1) is 12.0. The topological polar surface area (TPSA) is 84.1 Å². The van der Waals surface area contributed by atoms with E-state index in [1.54, 1.807) is 24.3 Å². The van der Waals surface area contributed by atoms with E-state index in [0.717, 1.165) is 5.39 Å². The molecule has 0 saturated carbocycles. The lowest BCUT2D eigenvalue weighted by Gasteiger charge is -2.02. The maximum absolute atomic E-state index is 12.2. The number of nitrogens with one attached hydrogen (secondary N) is 1. The van der Waals surface area contributed by atoms with Gasteiger partial charge in [0.2, 0.25) is 0 Å². The molecular weight excluding hydrogens is 456 g/mol. The summed E-state index contributed by atoms with van der Waals surface area (Å²) in [6, 6.07) is 10.4. The van der Waals surface area contributed by atoms with Gasteiger partial charge in [-0.3, -0.25) is 4.79 Å². The Kier molecular flexibility index (Phi) is 5.10. The second-order valence-electron chi connectivity index (χ2n) is 5.02. The van der Waals surface area contributed by atoms with Crippen molar-refractivity contribution in [2.24, 2.45) is 5.10 Å². The highest BCUT2D eigenvalue weighted by Gasteiger charge is 2.14. The molecule has 3 aromatic rings. The van der Waals surface area contributed by atoms with Crippen molar-refractivity contribution in [3.05, 3.63) is 56.7 Å². The van der Waals surface area contributed by atoms with Gasteiger partial charge in [0.05, 0.1) is 22.3 Å². The lowest BCUT2D eigenvalue weighted by Crippen LogP contribution is -2.16. The average molecular weight is 468 g/mol. The molecule has 6 nitrogen and oxygen atoms in total. The fraction of sp³-hybridized carbons (Fsp3) is 0.0588. The molecule has 1 amide bonds. The first kappa shape index (κ1) is 17.5. The number of nitrogens with zero attached hydrogens (tertiary/aromatic N) is 1. The van der Waals surface area contributed by atoms with Crippen molar-refractivity contribution in [3.8, 4) is 11.5 Å². The summed E-state index contributed by atoms with van der Waals surface area (Å²) < 4.78 is 11.8. The monoisotopic (exact) mass is 466 g/mol. The molecule has 3 rings (SSSR count). The third-order valence-electron chi connectivity index (χ3n) is 3.37. The van der Waals surface area contributed by atoms with Crippen molar-refractivity contribution in [3.63, 3.8) is 0 Å². The second-order valence-corrected chi connectivity index (χ2v) is 6.73. The molecule has 0 saturated heterocycles. The summed E-state index contributed by atoms with van der Waals surface area (Å²) in [6.07, 6.45) is 1.45. The Morgan fingerprint density at radius 1 is 1.28 bits per heavy atom. The van der Waals surface area contributed by atoms with E-state index in [1.165, 1.54) is 13.3 Å². The highest BCUT2D eigenvalue weighted by atomic mass is 79.9. The molecule has 0 aliphatic rings. The molecule has 25 heavy (non-hydrogen) atoms. The van der Waals surface area contributed by atoms with E-state index >= 15 is 0 Å². The number of phenols is 1. The molecule has 1 aromatic heterocycles. The Bertz CT molecular complexity index is 959. The highest BCUT2D eigenvalue weighted by molar-refractivity contribution is 9.11. The molecule has 0 atom stereocenters. The van der Waals surface area contributed by atoms with Gasteiger partial charge in [0.15, 0.2) is 17.1 Å². The first-order valence-electron chi connectivity index (χ1n) is 7.07. The SMILES string of the molecule is COc1cccc2cc(C(=O)N/N=C\c3cc(Br)c(O)c(Br)c3)oc12. The molecule has 2 aromatic carbocycles. The Labute approximate surface area is 159 Å². The summed E-state index contributed by atoms with van der Waals surface area (Å²) in [4.78, 5) is 12.2. The van der Waals surface area contributed by atoms with Crippen LogP contribution in [0.25, 0.3) is 11.0 Å². The van der Waals surface area contributed by atoms with Crippen molar-refractivity contribution in [2.75, 3.05) is 7.11 Å². The molecule has 0 aliphatic heterocycles. The number of rotatable bonds is 4. The van der Waals surface area contributed by atoms with Crippen molar-refractivity contribution >= 4 is 55.0 Å². The third-order valence-corrected chi connectivity index (χ3v) is 4.58. The first-order valence-corrected chi connectivity index (χ1v) is 8.66. The summed E-state index contributed by atoms with van der Waals surface area (Å²) in [5.74, 6) is 0.299. The molecule has 1 heterocycles. The molecule has 0 fully saturated rings. The number of hydrazone groups is 1. The normalized spacial score (nSPS) is 11.2. The van der Waals surface area contributed by atoms with Crippen LogP contribution >= 0.6 is 31.9 Å². The van der Waals surface area contributed by atoms with Crippen molar-refractivity contribution in [2.45, 2.75) is 0 Å². The number of carbonyl (C=O) groups excluding carboxylic acids is 1. The van der Waals surface area contributed by atoms with Crippen LogP contribution < -0.4 is 10.2 Å². The molecule has 0 spiro atoms. The second kappa shape index (κ2) is 7.28. The van der Waals surface area contributed by atoms with E-state index in [0.29, 0.717) is 25.8 Å². The fourth-order valence-electron chi connectivity index (χ4n) is 2.19. The van der Waals surface area contributed by atoms with Crippen LogP contribution in [0.15, 0.2) is 54.9 Å². The molecule has 128 valence electrons. The Hall–Kier alpha value is -2.32. The molecular formula is C17H12Br2N2O4. The van der Waals surface area contributed by atoms with Crippen LogP contribution in [-0.2, 0) is 0 Å². The summed E-state index contributed by atoms with van der Waals surface area (Å²) in [5.41, 5.74) is 3.59. The van der Waals surface area contributed by atoms with Crippen molar-refractivity contribution in [1.29, 1.82) is 0 Å². The van der Waals surface area contributed by atoms with Gasteiger partial charge < -0.3 is 14.3 Å². The number of furan rings is 1. The molecule has 0 radical (unpaired) electrons. The number of aromatic hydroxyl groups is 1. The van der Waals surface area contributed by atoms with Crippen molar-refractivity contribution < 1.29 is 19.1 Å². The van der Waals surface area contributed by atoms with Gasteiger partial charge in [0, 0.05) is 5.39 Å². The van der Waals surface area contributed by atoms with Gasteiger partial charge >= 0.3 is 5.91 Å². The van der Waals surface area contributed by atoms with E-state index in [1.807, 2.05) is 12.1 Å². The van der Waals surface area contributed by atoms with Crippen molar-refractivity contribution in [1.82, 2.24) is 5.43 Å². The zero-order valence-corrected chi connectivity index (χ0v) is 16.1. The Morgan fingerprint density at radius 2 is 2.00 bits per heavy atom. The Balaban J connectivity index is 1.77. The largest absolute Gasteiger partial charge is 0.506 e. The van der Waals surface area contributed by atoms with E-state index in [4.69, 9.17) is 9.15 Å². The summed E-state index contributed by atoms with van der Waals surface area (Å²) in [5, 5.41) is 14.3. The number of fused-ring (bicyclic) bond motifs is 1. The quantitative estimate of drug-likeness (QED) is 0.439. The predicted molar refractivity (Wildman–Crippen MR) is 101 cm³/mol. The van der Waals surface area contributed by atoms with Gasteiger partial charge in [-0.1, -0.05) is 12.1 Å². The lowest BCUT2D eigenvalue weighted by atomic mass is 10.2. The van der Waals surface area contributed by atoms with Crippen LogP contribution in [0.2, 0.25) is 0 Å². The molecule has 0 aliphatic carbocycles. The van der Waals surface area contributed by atoms with Crippen LogP contribution in [0.1, 0.15) is 16.1 Å². The highest BCUT2D eigenvalue weighted by Crippen LogP contribution is 2.32. The van der Waals surface area contributed by atoms with Gasteiger partial charge in [0.25, 0.3) is 0 Å². The minimum Gasteiger partial charge on any atom is -0.506 e. The zero-order valence-electron chi connectivity index (χ0n) is 12.9. The minimum atomic E-state index is -0.480. The molecule has 2 N–H and O–H groups in total. The minimum absolute atomic E-state index is 0.0948. The number of para-hydroxylation sites is 1. The van der Waals surface area contributed by atoms with Gasteiger partial charge in [0.1, 0.15) is 5.75 Å². The number of benzene rings is 2. The standard InChI is InChI=1S/C17H12Br2N2O4/c1-24-13-4-2-3-10-7-14(25-16(10)13)17(23)21-20-8-9-5-11(18)15(22)12(19)6-9/h2-8,22H,1H3,(H,21,23)/b20-8-. The van der Waals surface area contributed by atoms with Crippen LogP contribution in [0.4, 0.5) is 0 Å². The summed E-state index contributed by atoms with van der Waals surface area (Å²) in [7, 11) is 1.54. The molecule has 0 unspecified atom stereocenters. The van der Waals surface area contributed by atoms with Gasteiger partial charge in [-0.15, -0.1) is 0 Å². The third kappa shape index (κ3) is 3.69. The van der Waals surface area contributed by atoms with E-state index in [2.05, 4.69) is 42.4 Å². The number of phenolic OH excluding ortho intramolecular Hbond substituents is 1. The smallest absolute Gasteiger partial charge is 0.307 e. The van der Waals surface area contributed by atoms with Gasteiger partial charge in [-0.25, -0.2) is 5.43 Å². The summed E-state index contributed by atoms with van der Waals surface area (Å²) >= 11 is 6.46. The number of hydrogen-bond donors (Lipinski definition) is 2. The maximum atomic E-state index is 12.2. The molecule has 0 bridgehead atoms.